The highest BCUT2D eigenvalue weighted by molar-refractivity contribution is 7.80. The van der Waals surface area contributed by atoms with Crippen molar-refractivity contribution >= 4 is 46.3 Å². The number of nitrogens with zero attached hydrogens (tertiary/aromatic N) is 1. The summed E-state index contributed by atoms with van der Waals surface area (Å²) in [6.07, 6.45) is 1.83. The second-order valence-electron chi connectivity index (χ2n) is 5.43. The van der Waals surface area contributed by atoms with E-state index in [0.29, 0.717) is 16.7 Å². The maximum absolute atomic E-state index is 12.6. The van der Waals surface area contributed by atoms with E-state index < -0.39 is 0 Å². The van der Waals surface area contributed by atoms with Crippen molar-refractivity contribution in [3.05, 3.63) is 57.9 Å². The molecule has 1 aliphatic rings. The van der Waals surface area contributed by atoms with Crippen molar-refractivity contribution in [1.82, 2.24) is 5.32 Å². The quantitative estimate of drug-likeness (QED) is 0.679. The van der Waals surface area contributed by atoms with E-state index in [0.717, 1.165) is 11.3 Å². The fourth-order valence-electron chi connectivity index (χ4n) is 2.30. The molecule has 2 heterocycles. The number of rotatable bonds is 3. The van der Waals surface area contributed by atoms with E-state index in [2.05, 4.69) is 19.2 Å². The summed E-state index contributed by atoms with van der Waals surface area (Å²) >= 11 is 6.91. The van der Waals surface area contributed by atoms with Gasteiger partial charge in [-0.05, 0) is 64.3 Å². The Hall–Kier alpha value is -1.98. The lowest BCUT2D eigenvalue weighted by molar-refractivity contribution is -0.113. The summed E-state index contributed by atoms with van der Waals surface area (Å²) in [7, 11) is 0. The molecule has 0 radical (unpaired) electrons. The Morgan fingerprint density at radius 3 is 2.55 bits per heavy atom. The van der Waals surface area contributed by atoms with Gasteiger partial charge in [0.05, 0.1) is 5.69 Å². The van der Waals surface area contributed by atoms with Crippen molar-refractivity contribution in [1.29, 1.82) is 0 Å². The number of carbonyl (C=O) groups excluding carboxylic acids is 1. The number of nitrogens with one attached hydrogen (secondary N) is 1. The molecule has 3 rings (SSSR count). The fraction of sp³-hybridized carbons (Fsp3) is 0.176. The van der Waals surface area contributed by atoms with Gasteiger partial charge < -0.3 is 5.32 Å². The molecule has 3 nitrogen and oxygen atoms in total. The molecule has 1 aliphatic heterocycles. The van der Waals surface area contributed by atoms with Gasteiger partial charge in [0, 0.05) is 0 Å². The van der Waals surface area contributed by atoms with Crippen LogP contribution in [0.15, 0.2) is 46.8 Å². The summed E-state index contributed by atoms with van der Waals surface area (Å²) in [5.41, 5.74) is 3.54. The fourth-order valence-corrected chi connectivity index (χ4v) is 3.22. The molecular weight excluding hydrogens is 312 g/mol. The van der Waals surface area contributed by atoms with Crippen molar-refractivity contribution in [3.8, 4) is 0 Å². The smallest absolute Gasteiger partial charge is 0.281 e. The summed E-state index contributed by atoms with van der Waals surface area (Å²) < 4.78 is 0. The third kappa shape index (κ3) is 2.82. The van der Waals surface area contributed by atoms with E-state index in [1.54, 1.807) is 11.3 Å². The first-order chi connectivity index (χ1) is 10.6. The van der Waals surface area contributed by atoms with Crippen LogP contribution in [0.4, 0.5) is 5.69 Å². The molecule has 22 heavy (non-hydrogen) atoms. The Morgan fingerprint density at radius 2 is 1.95 bits per heavy atom. The molecule has 0 unspecified atom stereocenters. The number of hydrogen-bond donors (Lipinski definition) is 1. The minimum absolute atomic E-state index is 0.117. The lowest BCUT2D eigenvalue weighted by atomic mass is 10.0. The number of thiophene rings is 1. The molecule has 1 amide bonds. The molecule has 1 N–H and O–H groups in total. The maximum atomic E-state index is 12.6. The van der Waals surface area contributed by atoms with Gasteiger partial charge in [0.15, 0.2) is 5.11 Å². The predicted octanol–water partition coefficient (Wildman–Crippen LogP) is 4.13. The number of carbonyl (C=O) groups is 1. The normalized spacial score (nSPS) is 16.7. The third-order valence-electron chi connectivity index (χ3n) is 3.55. The average Bonchev–Trinajstić information content (AvgIpc) is 3.09. The Bertz CT molecular complexity index is 731. The molecule has 0 bridgehead atoms. The monoisotopic (exact) mass is 328 g/mol. The Labute approximate surface area is 139 Å². The summed E-state index contributed by atoms with van der Waals surface area (Å²) in [6, 6.07) is 9.92. The summed E-state index contributed by atoms with van der Waals surface area (Å²) in [5, 5.41) is 7.39. The van der Waals surface area contributed by atoms with Crippen LogP contribution in [0.5, 0.6) is 0 Å². The lowest BCUT2D eigenvalue weighted by Crippen LogP contribution is -2.30. The number of anilines is 1. The van der Waals surface area contributed by atoms with Gasteiger partial charge in [-0.15, -0.1) is 0 Å². The highest BCUT2D eigenvalue weighted by atomic mass is 32.1. The van der Waals surface area contributed by atoms with Crippen LogP contribution in [0, 0.1) is 0 Å². The number of hydrogen-bond acceptors (Lipinski definition) is 3. The van der Waals surface area contributed by atoms with E-state index in [1.165, 1.54) is 10.5 Å². The van der Waals surface area contributed by atoms with Gasteiger partial charge in [-0.25, -0.2) is 0 Å². The van der Waals surface area contributed by atoms with Gasteiger partial charge in [0.25, 0.3) is 5.91 Å². The van der Waals surface area contributed by atoms with Crippen LogP contribution in [0.25, 0.3) is 6.08 Å². The zero-order valence-electron chi connectivity index (χ0n) is 12.4. The molecular formula is C17H16N2OS2. The molecule has 1 fully saturated rings. The Balaban J connectivity index is 1.88. The average molecular weight is 328 g/mol. The molecule has 2 aromatic rings. The van der Waals surface area contributed by atoms with Gasteiger partial charge >= 0.3 is 0 Å². The van der Waals surface area contributed by atoms with Crippen molar-refractivity contribution in [2.24, 2.45) is 0 Å². The Morgan fingerprint density at radius 1 is 1.23 bits per heavy atom. The van der Waals surface area contributed by atoms with E-state index in [1.807, 2.05) is 47.2 Å². The number of thiocarbonyl (C=S) groups is 1. The van der Waals surface area contributed by atoms with Crippen molar-refractivity contribution in [3.63, 3.8) is 0 Å². The zero-order valence-corrected chi connectivity index (χ0v) is 14.0. The van der Waals surface area contributed by atoms with Crippen molar-refractivity contribution in [2.45, 2.75) is 19.8 Å². The summed E-state index contributed by atoms with van der Waals surface area (Å²) in [6.45, 7) is 4.29. The van der Waals surface area contributed by atoms with Crippen LogP contribution in [0.2, 0.25) is 0 Å². The first-order valence-corrected chi connectivity index (χ1v) is 8.40. The highest BCUT2D eigenvalue weighted by Crippen LogP contribution is 2.25. The summed E-state index contributed by atoms with van der Waals surface area (Å²) in [5.74, 6) is 0.343. The second-order valence-corrected chi connectivity index (χ2v) is 6.60. The van der Waals surface area contributed by atoms with Crippen LogP contribution in [0.1, 0.15) is 30.9 Å². The minimum atomic E-state index is -0.117. The molecule has 0 spiro atoms. The molecule has 0 aliphatic carbocycles. The van der Waals surface area contributed by atoms with Crippen LogP contribution in [0.3, 0.4) is 0 Å². The largest absolute Gasteiger partial charge is 0.327 e. The van der Waals surface area contributed by atoms with Gasteiger partial charge in [-0.1, -0.05) is 26.0 Å². The van der Waals surface area contributed by atoms with Gasteiger partial charge in [0.2, 0.25) is 0 Å². The molecule has 1 aromatic carbocycles. The summed E-state index contributed by atoms with van der Waals surface area (Å²) in [4.78, 5) is 14.1. The van der Waals surface area contributed by atoms with Crippen LogP contribution in [-0.2, 0) is 4.79 Å². The Kier molecular flexibility index (Phi) is 4.09. The maximum Gasteiger partial charge on any atom is 0.281 e. The first-order valence-electron chi connectivity index (χ1n) is 7.05. The van der Waals surface area contributed by atoms with Crippen LogP contribution in [-0.4, -0.2) is 11.0 Å². The SMILES string of the molecule is CC(C)c1ccc(N2C(=O)/C(=C\c3ccsc3)NC2=S)cc1. The van der Waals surface area contributed by atoms with E-state index in [-0.39, 0.29) is 5.91 Å². The molecule has 1 saturated heterocycles. The zero-order chi connectivity index (χ0) is 15.7. The molecule has 1 aromatic heterocycles. The van der Waals surface area contributed by atoms with Crippen molar-refractivity contribution < 1.29 is 4.79 Å². The van der Waals surface area contributed by atoms with Gasteiger partial charge in [-0.2, -0.15) is 11.3 Å². The number of benzene rings is 1. The standard InChI is InChI=1S/C17H16N2OS2/c1-11(2)13-3-5-14(6-4-13)19-16(20)15(18-17(19)21)9-12-7-8-22-10-12/h3-11H,1-2H3,(H,18,21)/b15-9+. The van der Waals surface area contributed by atoms with E-state index >= 15 is 0 Å². The second kappa shape index (κ2) is 6.02. The van der Waals surface area contributed by atoms with Crippen LogP contribution >= 0.6 is 23.6 Å². The minimum Gasteiger partial charge on any atom is -0.327 e. The molecule has 0 saturated carbocycles. The molecule has 5 heteroatoms. The molecule has 112 valence electrons. The van der Waals surface area contributed by atoms with Gasteiger partial charge in [-0.3, -0.25) is 9.69 Å². The third-order valence-corrected chi connectivity index (χ3v) is 4.54. The first kappa shape index (κ1) is 14.9. The number of amides is 1. The predicted molar refractivity (Wildman–Crippen MR) is 96.0 cm³/mol. The van der Waals surface area contributed by atoms with Gasteiger partial charge in [0.1, 0.15) is 5.70 Å². The van der Waals surface area contributed by atoms with Crippen LogP contribution < -0.4 is 10.2 Å². The van der Waals surface area contributed by atoms with E-state index in [9.17, 15) is 4.79 Å². The van der Waals surface area contributed by atoms with E-state index in [4.69, 9.17) is 12.2 Å². The molecule has 0 atom stereocenters. The highest BCUT2D eigenvalue weighted by Gasteiger charge is 2.31. The lowest BCUT2D eigenvalue weighted by Gasteiger charge is -2.15. The topological polar surface area (TPSA) is 32.3 Å². The van der Waals surface area contributed by atoms with Crippen molar-refractivity contribution in [2.75, 3.05) is 4.90 Å².